The molecule has 0 unspecified atom stereocenters. The van der Waals surface area contributed by atoms with Gasteiger partial charge in [0.1, 0.15) is 6.04 Å². The van der Waals surface area contributed by atoms with Gasteiger partial charge in [0.15, 0.2) is 0 Å². The van der Waals surface area contributed by atoms with Crippen LogP contribution in [0.3, 0.4) is 0 Å². The third-order valence-corrected chi connectivity index (χ3v) is 2.45. The lowest BCUT2D eigenvalue weighted by Gasteiger charge is -2.33. The standard InChI is InChI=1S/C12H24N2O2.H2S/c1-7-11(13-10(6)15)12(16)14(8(2)3)9(4)5;/h8-9,11H,7H2,1-6H3,(H,13,15);1H2/t11-;/m0./s1. The molecule has 2 amide bonds. The lowest BCUT2D eigenvalue weighted by atomic mass is 10.1. The molecule has 102 valence electrons. The lowest BCUT2D eigenvalue weighted by molar-refractivity contribution is -0.139. The zero-order valence-electron chi connectivity index (χ0n) is 11.7. The molecule has 1 N–H and O–H groups in total. The predicted molar refractivity (Wildman–Crippen MR) is 75.4 cm³/mol. The topological polar surface area (TPSA) is 49.4 Å². The fraction of sp³-hybridized carbons (Fsp3) is 0.833. The van der Waals surface area contributed by atoms with E-state index in [4.69, 9.17) is 0 Å². The maximum Gasteiger partial charge on any atom is 0.245 e. The van der Waals surface area contributed by atoms with E-state index in [1.807, 2.05) is 39.5 Å². The first-order valence-electron chi connectivity index (χ1n) is 5.90. The molecule has 0 aromatic heterocycles. The summed E-state index contributed by atoms with van der Waals surface area (Å²) < 4.78 is 0. The molecule has 0 bridgehead atoms. The van der Waals surface area contributed by atoms with Crippen LogP contribution < -0.4 is 5.32 Å². The Morgan fingerprint density at radius 3 is 1.76 bits per heavy atom. The summed E-state index contributed by atoms with van der Waals surface area (Å²) in [5, 5.41) is 2.69. The van der Waals surface area contributed by atoms with Gasteiger partial charge in [-0.2, -0.15) is 13.5 Å². The molecule has 0 aromatic rings. The van der Waals surface area contributed by atoms with Crippen molar-refractivity contribution in [2.45, 2.75) is 66.1 Å². The van der Waals surface area contributed by atoms with E-state index in [9.17, 15) is 9.59 Å². The number of carbonyl (C=O) groups excluding carboxylic acids is 2. The van der Waals surface area contributed by atoms with Crippen molar-refractivity contribution in [2.24, 2.45) is 0 Å². The molecule has 0 radical (unpaired) electrons. The predicted octanol–water partition coefficient (Wildman–Crippen LogP) is 1.66. The Kier molecular flexibility index (Phi) is 9.21. The SMILES string of the molecule is CC[C@H](NC(C)=O)C(=O)N(C(C)C)C(C)C.S. The number of amides is 2. The fourth-order valence-electron chi connectivity index (χ4n) is 1.87. The average Bonchev–Trinajstić information content (AvgIpc) is 2.12. The highest BCUT2D eigenvalue weighted by Gasteiger charge is 2.27. The second kappa shape index (κ2) is 8.39. The summed E-state index contributed by atoms with van der Waals surface area (Å²) in [6.45, 7) is 11.3. The molecule has 17 heavy (non-hydrogen) atoms. The number of nitrogens with zero attached hydrogens (tertiary/aromatic N) is 1. The van der Waals surface area contributed by atoms with Crippen LogP contribution in [0.25, 0.3) is 0 Å². The molecule has 0 heterocycles. The minimum Gasteiger partial charge on any atom is -0.345 e. The molecule has 0 fully saturated rings. The number of rotatable bonds is 5. The zero-order valence-corrected chi connectivity index (χ0v) is 12.7. The van der Waals surface area contributed by atoms with Gasteiger partial charge in [-0.1, -0.05) is 6.92 Å². The van der Waals surface area contributed by atoms with Crippen LogP contribution >= 0.6 is 13.5 Å². The maximum absolute atomic E-state index is 12.2. The van der Waals surface area contributed by atoms with E-state index in [-0.39, 0.29) is 37.4 Å². The first-order valence-corrected chi connectivity index (χ1v) is 5.90. The van der Waals surface area contributed by atoms with Gasteiger partial charge in [0.05, 0.1) is 0 Å². The quantitative estimate of drug-likeness (QED) is 0.819. The molecule has 5 heteroatoms. The van der Waals surface area contributed by atoms with Crippen molar-refractivity contribution in [3.8, 4) is 0 Å². The van der Waals surface area contributed by atoms with Crippen molar-refractivity contribution in [1.29, 1.82) is 0 Å². The van der Waals surface area contributed by atoms with Crippen LogP contribution in [0.2, 0.25) is 0 Å². The van der Waals surface area contributed by atoms with Gasteiger partial charge in [0.25, 0.3) is 0 Å². The van der Waals surface area contributed by atoms with Crippen LogP contribution in [0.4, 0.5) is 0 Å². The van der Waals surface area contributed by atoms with Crippen LogP contribution in [0.5, 0.6) is 0 Å². The van der Waals surface area contributed by atoms with Crippen LogP contribution in [-0.2, 0) is 9.59 Å². The Hall–Kier alpha value is -0.710. The van der Waals surface area contributed by atoms with Crippen molar-refractivity contribution in [1.82, 2.24) is 10.2 Å². The van der Waals surface area contributed by atoms with Crippen LogP contribution in [0.15, 0.2) is 0 Å². The summed E-state index contributed by atoms with van der Waals surface area (Å²) in [5.74, 6) is -0.157. The Labute approximate surface area is 112 Å². The fourth-order valence-corrected chi connectivity index (χ4v) is 1.87. The highest BCUT2D eigenvalue weighted by Crippen LogP contribution is 2.09. The van der Waals surface area contributed by atoms with Crippen LogP contribution in [0, 0.1) is 0 Å². The molecule has 0 saturated heterocycles. The van der Waals surface area contributed by atoms with E-state index in [0.29, 0.717) is 6.42 Å². The minimum atomic E-state index is -0.401. The van der Waals surface area contributed by atoms with E-state index < -0.39 is 6.04 Å². The van der Waals surface area contributed by atoms with Gasteiger partial charge in [-0.15, -0.1) is 0 Å². The monoisotopic (exact) mass is 262 g/mol. The molecule has 4 nitrogen and oxygen atoms in total. The summed E-state index contributed by atoms with van der Waals surface area (Å²) in [4.78, 5) is 25.0. The van der Waals surface area contributed by atoms with Gasteiger partial charge in [-0.25, -0.2) is 0 Å². The van der Waals surface area contributed by atoms with Crippen molar-refractivity contribution in [2.75, 3.05) is 0 Å². The number of carbonyl (C=O) groups is 2. The molecule has 0 spiro atoms. The van der Waals surface area contributed by atoms with Crippen LogP contribution in [-0.4, -0.2) is 34.8 Å². The molecule has 1 atom stereocenters. The summed E-state index contributed by atoms with van der Waals surface area (Å²) >= 11 is 0. The van der Waals surface area contributed by atoms with Crippen LogP contribution in [0.1, 0.15) is 48.0 Å². The molecule has 0 saturated carbocycles. The van der Waals surface area contributed by atoms with Gasteiger partial charge in [-0.3, -0.25) is 9.59 Å². The smallest absolute Gasteiger partial charge is 0.245 e. The minimum absolute atomic E-state index is 0. The van der Waals surface area contributed by atoms with E-state index in [1.54, 1.807) is 0 Å². The van der Waals surface area contributed by atoms with E-state index >= 15 is 0 Å². The molecular weight excluding hydrogens is 236 g/mol. The first kappa shape index (κ1) is 18.6. The van der Waals surface area contributed by atoms with E-state index in [2.05, 4.69) is 5.32 Å². The highest BCUT2D eigenvalue weighted by molar-refractivity contribution is 7.59. The Morgan fingerprint density at radius 2 is 1.53 bits per heavy atom. The zero-order chi connectivity index (χ0) is 12.9. The molecule has 0 aromatic carbocycles. The molecule has 0 aliphatic heterocycles. The molecule has 0 aliphatic carbocycles. The van der Waals surface area contributed by atoms with Gasteiger partial charge < -0.3 is 10.2 Å². The highest BCUT2D eigenvalue weighted by atomic mass is 32.1. The third-order valence-electron chi connectivity index (χ3n) is 2.45. The van der Waals surface area contributed by atoms with E-state index in [0.717, 1.165) is 0 Å². The molecule has 0 aliphatic rings. The van der Waals surface area contributed by atoms with Gasteiger partial charge in [-0.05, 0) is 34.1 Å². The van der Waals surface area contributed by atoms with E-state index in [1.165, 1.54) is 6.92 Å². The lowest BCUT2D eigenvalue weighted by Crippen LogP contribution is -2.52. The van der Waals surface area contributed by atoms with Gasteiger partial charge in [0.2, 0.25) is 11.8 Å². The first-order chi connectivity index (χ1) is 7.31. The largest absolute Gasteiger partial charge is 0.345 e. The van der Waals surface area contributed by atoms with Gasteiger partial charge in [0, 0.05) is 19.0 Å². The summed E-state index contributed by atoms with van der Waals surface area (Å²) in [7, 11) is 0. The normalized spacial score (nSPS) is 12.0. The number of hydrogen-bond donors (Lipinski definition) is 1. The second-order valence-electron chi connectivity index (χ2n) is 4.59. The molecule has 0 rings (SSSR count). The summed E-state index contributed by atoms with van der Waals surface area (Å²) in [6, 6.07) is -0.104. The Bertz CT molecular complexity index is 247. The average molecular weight is 262 g/mol. The summed E-state index contributed by atoms with van der Waals surface area (Å²) in [5.41, 5.74) is 0. The van der Waals surface area contributed by atoms with Crippen molar-refractivity contribution >= 4 is 25.3 Å². The second-order valence-corrected chi connectivity index (χ2v) is 4.59. The summed E-state index contributed by atoms with van der Waals surface area (Å²) in [6.07, 6.45) is 0.619. The Balaban J connectivity index is 0. The van der Waals surface area contributed by atoms with Gasteiger partial charge >= 0.3 is 0 Å². The van der Waals surface area contributed by atoms with Crippen molar-refractivity contribution in [3.05, 3.63) is 0 Å². The third kappa shape index (κ3) is 5.96. The van der Waals surface area contributed by atoms with Crippen molar-refractivity contribution in [3.63, 3.8) is 0 Å². The molecular formula is C12H26N2O2S. The number of hydrogen-bond acceptors (Lipinski definition) is 2. The Morgan fingerprint density at radius 1 is 1.12 bits per heavy atom. The maximum atomic E-state index is 12.2. The van der Waals surface area contributed by atoms with Crippen molar-refractivity contribution < 1.29 is 9.59 Å². The number of nitrogens with one attached hydrogen (secondary N) is 1.